The summed E-state index contributed by atoms with van der Waals surface area (Å²) in [6.07, 6.45) is 2.05. The van der Waals surface area contributed by atoms with Crippen molar-refractivity contribution < 1.29 is 4.68 Å². The minimum atomic E-state index is 0.416. The zero-order valence-electron chi connectivity index (χ0n) is 11.5. The summed E-state index contributed by atoms with van der Waals surface area (Å²) >= 11 is 0. The molecule has 0 saturated heterocycles. The average molecular weight is 271 g/mol. The van der Waals surface area contributed by atoms with Gasteiger partial charge in [-0.25, -0.2) is 4.85 Å². The lowest BCUT2D eigenvalue weighted by Crippen LogP contribution is -2.36. The molecule has 4 nitrogen and oxygen atoms in total. The number of fused-ring (bicyclic) bond motifs is 5. The van der Waals surface area contributed by atoms with Crippen LogP contribution >= 0.6 is 0 Å². The van der Waals surface area contributed by atoms with E-state index in [1.54, 1.807) is 6.07 Å². The second kappa shape index (κ2) is 3.94. The number of hydrogen-bond donors (Lipinski definition) is 0. The van der Waals surface area contributed by atoms with Crippen LogP contribution in [0.5, 0.6) is 0 Å². The highest BCUT2D eigenvalue weighted by Gasteiger charge is 2.30. The van der Waals surface area contributed by atoms with Crippen LogP contribution in [-0.4, -0.2) is 4.68 Å². The maximum atomic E-state index is 7.45. The lowest BCUT2D eigenvalue weighted by Gasteiger charge is -2.02. The van der Waals surface area contributed by atoms with E-state index in [1.165, 1.54) is 11.1 Å². The maximum absolute atomic E-state index is 7.45. The van der Waals surface area contributed by atoms with Crippen LogP contribution in [0.4, 0.5) is 11.4 Å². The molecule has 2 heterocycles. The summed E-state index contributed by atoms with van der Waals surface area (Å²) in [7, 11) is 0. The Morgan fingerprint density at radius 3 is 2.76 bits per heavy atom. The highest BCUT2D eigenvalue weighted by atomic mass is 15.4. The van der Waals surface area contributed by atoms with Crippen LogP contribution in [-0.2, 0) is 6.54 Å². The molecule has 1 aliphatic rings. The molecule has 0 amide bonds. The number of benzene rings is 2. The maximum Gasteiger partial charge on any atom is 0.224 e. The minimum absolute atomic E-state index is 0.416. The molecular formula is C17H11N4+. The molecule has 2 aromatic carbocycles. The van der Waals surface area contributed by atoms with Crippen molar-refractivity contribution in [1.29, 1.82) is 0 Å². The Bertz CT molecular complexity index is 996. The van der Waals surface area contributed by atoms with Gasteiger partial charge in [-0.1, -0.05) is 23.8 Å². The summed E-state index contributed by atoms with van der Waals surface area (Å²) in [5.41, 5.74) is 5.27. The summed E-state index contributed by atoms with van der Waals surface area (Å²) in [6.45, 7) is 17.6. The van der Waals surface area contributed by atoms with Gasteiger partial charge in [0.25, 0.3) is 0 Å². The normalized spacial score (nSPS) is 11.8. The molecule has 1 aliphatic heterocycles. The highest BCUT2D eigenvalue weighted by Crippen LogP contribution is 2.38. The van der Waals surface area contributed by atoms with Gasteiger partial charge in [0.05, 0.1) is 18.5 Å². The van der Waals surface area contributed by atoms with Crippen LogP contribution in [0, 0.1) is 20.1 Å². The van der Waals surface area contributed by atoms with E-state index < -0.39 is 0 Å². The van der Waals surface area contributed by atoms with Crippen LogP contribution < -0.4 is 4.68 Å². The van der Waals surface area contributed by atoms with Gasteiger partial charge in [0.2, 0.25) is 11.9 Å². The molecule has 1 aromatic heterocycles. The zero-order valence-corrected chi connectivity index (χ0v) is 11.5. The van der Waals surface area contributed by atoms with Crippen LogP contribution in [0.2, 0.25) is 0 Å². The molecule has 0 radical (unpaired) electrons. The Kier molecular flexibility index (Phi) is 2.20. The van der Waals surface area contributed by atoms with Gasteiger partial charge in [0, 0.05) is 5.56 Å². The van der Waals surface area contributed by atoms with Crippen molar-refractivity contribution in [3.05, 3.63) is 70.5 Å². The Morgan fingerprint density at radius 1 is 1.14 bits per heavy atom. The molecule has 0 bridgehead atoms. The Morgan fingerprint density at radius 2 is 2.00 bits per heavy atom. The molecule has 0 saturated carbocycles. The van der Waals surface area contributed by atoms with E-state index in [9.17, 15) is 0 Å². The number of nitrogens with zero attached hydrogens (tertiary/aromatic N) is 4. The van der Waals surface area contributed by atoms with Crippen LogP contribution in [0.3, 0.4) is 0 Å². The molecule has 0 unspecified atom stereocenters. The van der Waals surface area contributed by atoms with Gasteiger partial charge in [0.15, 0.2) is 12.2 Å². The molecular weight excluding hydrogens is 260 g/mol. The smallest absolute Gasteiger partial charge is 0.224 e. The van der Waals surface area contributed by atoms with Crippen molar-refractivity contribution in [1.82, 2.24) is 4.68 Å². The van der Waals surface area contributed by atoms with Gasteiger partial charge < -0.3 is 0 Å². The molecule has 0 N–H and O–H groups in total. The summed E-state index contributed by atoms with van der Waals surface area (Å²) in [5, 5.41) is 1.000. The van der Waals surface area contributed by atoms with Crippen molar-refractivity contribution in [2.75, 3.05) is 0 Å². The molecule has 4 rings (SSSR count). The van der Waals surface area contributed by atoms with Crippen LogP contribution in [0.25, 0.3) is 26.3 Å². The Balaban J connectivity index is 2.15. The van der Waals surface area contributed by atoms with Crippen molar-refractivity contribution in [3.63, 3.8) is 0 Å². The second-order valence-electron chi connectivity index (χ2n) is 5.27. The molecule has 0 atom stereocenters. The molecule has 0 spiro atoms. The van der Waals surface area contributed by atoms with Gasteiger partial charge in [0.1, 0.15) is 11.2 Å². The number of rotatable bonds is 0. The quantitative estimate of drug-likeness (QED) is 0.343. The van der Waals surface area contributed by atoms with Gasteiger partial charge in [-0.05, 0) is 19.1 Å². The van der Waals surface area contributed by atoms with Gasteiger partial charge in [-0.15, -0.1) is 9.36 Å². The van der Waals surface area contributed by atoms with Gasteiger partial charge in [-0.3, -0.25) is 4.85 Å². The molecule has 4 heteroatoms. The van der Waals surface area contributed by atoms with Gasteiger partial charge in [-0.2, -0.15) is 0 Å². The van der Waals surface area contributed by atoms with Crippen LogP contribution in [0.15, 0.2) is 36.5 Å². The topological polar surface area (TPSA) is 17.5 Å². The summed E-state index contributed by atoms with van der Waals surface area (Å²) in [6, 6.07) is 10.00. The van der Waals surface area contributed by atoms with Crippen LogP contribution in [0.1, 0.15) is 11.1 Å². The van der Waals surface area contributed by atoms with E-state index in [0.29, 0.717) is 11.4 Å². The monoisotopic (exact) mass is 271 g/mol. The first-order valence-electron chi connectivity index (χ1n) is 6.66. The molecule has 98 valence electrons. The third-order valence-corrected chi connectivity index (χ3v) is 3.95. The second-order valence-corrected chi connectivity index (χ2v) is 5.27. The number of aryl methyl sites for hydroxylation is 1. The largest absolute Gasteiger partial charge is 0.250 e. The van der Waals surface area contributed by atoms with E-state index in [1.807, 2.05) is 12.3 Å². The SMILES string of the molecule is [C-]#[N+]c1ccc2c[n+]3n(c2c1[N+]#[C-])-c1ccc(C)cc1C3. The van der Waals surface area contributed by atoms with E-state index in [2.05, 4.69) is 44.2 Å². The Labute approximate surface area is 122 Å². The fraction of sp³-hybridized carbons (Fsp3) is 0.118. The predicted molar refractivity (Wildman–Crippen MR) is 79.8 cm³/mol. The van der Waals surface area contributed by atoms with Crippen molar-refractivity contribution >= 4 is 22.3 Å². The first-order chi connectivity index (χ1) is 10.2. The van der Waals surface area contributed by atoms with Gasteiger partial charge >= 0.3 is 0 Å². The van der Waals surface area contributed by atoms with Crippen molar-refractivity contribution in [2.24, 2.45) is 0 Å². The number of aromatic nitrogens is 2. The third kappa shape index (κ3) is 1.45. The molecule has 3 aromatic rings. The molecule has 0 fully saturated rings. The fourth-order valence-electron chi connectivity index (χ4n) is 3.06. The van der Waals surface area contributed by atoms with E-state index in [4.69, 9.17) is 13.1 Å². The third-order valence-electron chi connectivity index (χ3n) is 3.95. The van der Waals surface area contributed by atoms with E-state index in [-0.39, 0.29) is 0 Å². The first-order valence-corrected chi connectivity index (χ1v) is 6.66. The fourth-order valence-corrected chi connectivity index (χ4v) is 3.06. The summed E-state index contributed by atoms with van der Waals surface area (Å²) in [4.78, 5) is 7.09. The van der Waals surface area contributed by atoms with E-state index >= 15 is 0 Å². The Hall–Kier alpha value is -3.11. The summed E-state index contributed by atoms with van der Waals surface area (Å²) in [5.74, 6) is 0. The zero-order chi connectivity index (χ0) is 14.6. The highest BCUT2D eigenvalue weighted by molar-refractivity contribution is 5.98. The minimum Gasteiger partial charge on any atom is -0.250 e. The molecule has 0 aliphatic carbocycles. The van der Waals surface area contributed by atoms with Crippen molar-refractivity contribution in [3.8, 4) is 5.69 Å². The van der Waals surface area contributed by atoms with E-state index in [0.717, 1.165) is 23.1 Å². The molecule has 21 heavy (non-hydrogen) atoms. The lowest BCUT2D eigenvalue weighted by atomic mass is 10.1. The summed E-state index contributed by atoms with van der Waals surface area (Å²) < 4.78 is 4.17. The predicted octanol–water partition coefficient (Wildman–Crippen LogP) is 3.69. The average Bonchev–Trinajstić information content (AvgIpc) is 3.00. The lowest BCUT2D eigenvalue weighted by molar-refractivity contribution is -0.749. The standard InChI is InChI=1S/C17H11N4/c1-11-4-7-15-13(8-11)10-20-9-12-5-6-14(18-2)16(19-3)17(12)21(15)20/h4-9H,10H2,1H3/q+1. The number of hydrogen-bond acceptors (Lipinski definition) is 0. The first kappa shape index (κ1) is 11.7. The van der Waals surface area contributed by atoms with Crippen molar-refractivity contribution in [2.45, 2.75) is 13.5 Å².